The van der Waals surface area contributed by atoms with E-state index in [0.717, 1.165) is 5.56 Å². The summed E-state index contributed by atoms with van der Waals surface area (Å²) in [5, 5.41) is 3.14. The van der Waals surface area contributed by atoms with Crippen molar-refractivity contribution in [3.8, 4) is 5.75 Å². The van der Waals surface area contributed by atoms with Crippen molar-refractivity contribution in [1.82, 2.24) is 0 Å². The van der Waals surface area contributed by atoms with Crippen LogP contribution in [0.25, 0.3) is 0 Å². The Morgan fingerprint density at radius 2 is 1.58 bits per heavy atom. The van der Waals surface area contributed by atoms with E-state index in [2.05, 4.69) is 5.32 Å². The molecule has 3 rings (SSSR count). The molecule has 0 aliphatic heterocycles. The van der Waals surface area contributed by atoms with Crippen LogP contribution in [0.2, 0.25) is 5.02 Å². The SMILES string of the molecule is Cc1ccccc1C(=O)Nc1ccc(Cl)cc1C(=O)Oc1ccccc1. The minimum atomic E-state index is -0.598. The highest BCUT2D eigenvalue weighted by atomic mass is 35.5. The van der Waals surface area contributed by atoms with Crippen LogP contribution in [0.4, 0.5) is 5.69 Å². The van der Waals surface area contributed by atoms with Gasteiger partial charge in [-0.1, -0.05) is 48.0 Å². The van der Waals surface area contributed by atoms with E-state index in [1.54, 1.807) is 48.5 Å². The fourth-order valence-corrected chi connectivity index (χ4v) is 2.63. The number of esters is 1. The number of para-hydroxylation sites is 1. The summed E-state index contributed by atoms with van der Waals surface area (Å²) in [4.78, 5) is 25.1. The Balaban J connectivity index is 1.87. The lowest BCUT2D eigenvalue weighted by atomic mass is 10.1. The summed E-state index contributed by atoms with van der Waals surface area (Å²) in [6, 6.07) is 20.6. The summed E-state index contributed by atoms with van der Waals surface area (Å²) in [6.07, 6.45) is 0. The lowest BCUT2D eigenvalue weighted by Gasteiger charge is -2.12. The monoisotopic (exact) mass is 365 g/mol. The second kappa shape index (κ2) is 7.85. The normalized spacial score (nSPS) is 10.2. The average Bonchev–Trinajstić information content (AvgIpc) is 2.64. The third-order valence-corrected chi connectivity index (χ3v) is 4.03. The molecule has 5 heteroatoms. The molecule has 130 valence electrons. The molecule has 0 aliphatic carbocycles. The lowest BCUT2D eigenvalue weighted by Crippen LogP contribution is -2.17. The first-order valence-corrected chi connectivity index (χ1v) is 8.36. The number of hydrogen-bond acceptors (Lipinski definition) is 3. The Hall–Kier alpha value is -3.11. The molecule has 0 spiro atoms. The van der Waals surface area contributed by atoms with Gasteiger partial charge in [0.1, 0.15) is 5.75 Å². The molecule has 0 aliphatic rings. The number of aryl methyl sites for hydroxylation is 1. The van der Waals surface area contributed by atoms with Gasteiger partial charge < -0.3 is 10.1 Å². The predicted molar refractivity (Wildman–Crippen MR) is 102 cm³/mol. The van der Waals surface area contributed by atoms with Gasteiger partial charge in [0.05, 0.1) is 11.3 Å². The Morgan fingerprint density at radius 1 is 0.885 bits per heavy atom. The van der Waals surface area contributed by atoms with Gasteiger partial charge in [-0.05, 0) is 48.9 Å². The van der Waals surface area contributed by atoms with Gasteiger partial charge in [0, 0.05) is 10.6 Å². The molecular weight excluding hydrogens is 350 g/mol. The van der Waals surface area contributed by atoms with Crippen molar-refractivity contribution in [3.63, 3.8) is 0 Å². The Bertz CT molecular complexity index is 954. The summed E-state index contributed by atoms with van der Waals surface area (Å²) in [6.45, 7) is 1.85. The molecule has 1 amide bonds. The first-order valence-electron chi connectivity index (χ1n) is 7.98. The smallest absolute Gasteiger partial charge is 0.345 e. The summed E-state index contributed by atoms with van der Waals surface area (Å²) in [7, 11) is 0. The van der Waals surface area contributed by atoms with Crippen molar-refractivity contribution in [1.29, 1.82) is 0 Å². The topological polar surface area (TPSA) is 55.4 Å². The summed E-state index contributed by atoms with van der Waals surface area (Å²) >= 11 is 6.02. The molecule has 0 fully saturated rings. The van der Waals surface area contributed by atoms with E-state index in [4.69, 9.17) is 16.3 Å². The Morgan fingerprint density at radius 3 is 2.31 bits per heavy atom. The van der Waals surface area contributed by atoms with Gasteiger partial charge in [0.2, 0.25) is 0 Å². The van der Waals surface area contributed by atoms with Gasteiger partial charge in [-0.25, -0.2) is 4.79 Å². The largest absolute Gasteiger partial charge is 0.423 e. The third-order valence-electron chi connectivity index (χ3n) is 3.79. The van der Waals surface area contributed by atoms with Gasteiger partial charge in [-0.2, -0.15) is 0 Å². The fraction of sp³-hybridized carbons (Fsp3) is 0.0476. The first-order chi connectivity index (χ1) is 12.5. The van der Waals surface area contributed by atoms with Gasteiger partial charge in [-0.3, -0.25) is 4.79 Å². The molecule has 0 atom stereocenters. The summed E-state index contributed by atoms with van der Waals surface area (Å²) in [5.74, 6) is -0.494. The minimum Gasteiger partial charge on any atom is -0.423 e. The van der Waals surface area contributed by atoms with E-state index in [1.165, 1.54) is 6.07 Å². The average molecular weight is 366 g/mol. The highest BCUT2D eigenvalue weighted by molar-refractivity contribution is 6.31. The molecule has 26 heavy (non-hydrogen) atoms. The van der Waals surface area contributed by atoms with E-state index in [0.29, 0.717) is 22.0 Å². The molecule has 0 saturated carbocycles. The maximum Gasteiger partial charge on any atom is 0.345 e. The molecular formula is C21H16ClNO3. The highest BCUT2D eigenvalue weighted by Crippen LogP contribution is 2.24. The van der Waals surface area contributed by atoms with Gasteiger partial charge in [-0.15, -0.1) is 0 Å². The van der Waals surface area contributed by atoms with Gasteiger partial charge in [0.25, 0.3) is 5.91 Å². The zero-order chi connectivity index (χ0) is 18.5. The van der Waals surface area contributed by atoms with Crippen molar-refractivity contribution >= 4 is 29.2 Å². The van der Waals surface area contributed by atoms with E-state index in [-0.39, 0.29) is 11.5 Å². The number of benzene rings is 3. The van der Waals surface area contributed by atoms with Crippen LogP contribution in [0, 0.1) is 6.92 Å². The number of carbonyl (C=O) groups is 2. The van der Waals surface area contributed by atoms with Crippen LogP contribution >= 0.6 is 11.6 Å². The van der Waals surface area contributed by atoms with E-state index >= 15 is 0 Å². The third kappa shape index (κ3) is 4.10. The Kier molecular flexibility index (Phi) is 5.34. The molecule has 4 nitrogen and oxygen atoms in total. The molecule has 0 aromatic heterocycles. The van der Waals surface area contributed by atoms with E-state index in [1.807, 2.05) is 25.1 Å². The zero-order valence-electron chi connectivity index (χ0n) is 14.0. The lowest BCUT2D eigenvalue weighted by molar-refractivity contribution is 0.0736. The number of halogens is 1. The number of amides is 1. The van der Waals surface area contributed by atoms with Crippen molar-refractivity contribution in [2.24, 2.45) is 0 Å². The van der Waals surface area contributed by atoms with Crippen LogP contribution in [0.15, 0.2) is 72.8 Å². The van der Waals surface area contributed by atoms with Crippen LogP contribution in [-0.4, -0.2) is 11.9 Å². The Labute approximate surface area is 156 Å². The van der Waals surface area contributed by atoms with Gasteiger partial charge in [0.15, 0.2) is 0 Å². The molecule has 0 heterocycles. The van der Waals surface area contributed by atoms with Crippen molar-refractivity contribution in [2.75, 3.05) is 5.32 Å². The number of rotatable bonds is 4. The number of hydrogen-bond donors (Lipinski definition) is 1. The fourth-order valence-electron chi connectivity index (χ4n) is 2.46. The van der Waals surface area contributed by atoms with Gasteiger partial charge >= 0.3 is 5.97 Å². The van der Waals surface area contributed by atoms with Crippen LogP contribution in [-0.2, 0) is 0 Å². The molecule has 0 radical (unpaired) electrons. The van der Waals surface area contributed by atoms with E-state index < -0.39 is 5.97 Å². The van der Waals surface area contributed by atoms with Crippen LogP contribution in [0.3, 0.4) is 0 Å². The first kappa shape index (κ1) is 17.7. The quantitative estimate of drug-likeness (QED) is 0.515. The standard InChI is InChI=1S/C21H16ClNO3/c1-14-7-5-6-10-17(14)20(24)23-19-12-11-15(22)13-18(19)21(25)26-16-8-3-2-4-9-16/h2-13H,1H3,(H,23,24). The maximum absolute atomic E-state index is 12.6. The van der Waals surface area contributed by atoms with Crippen molar-refractivity contribution in [2.45, 2.75) is 6.92 Å². The van der Waals surface area contributed by atoms with Crippen LogP contribution < -0.4 is 10.1 Å². The predicted octanol–water partition coefficient (Wildman–Crippen LogP) is 5.12. The molecule has 3 aromatic carbocycles. The molecule has 0 bridgehead atoms. The number of ether oxygens (including phenoxy) is 1. The number of anilines is 1. The van der Waals surface area contributed by atoms with E-state index in [9.17, 15) is 9.59 Å². The molecule has 0 saturated heterocycles. The molecule has 1 N–H and O–H groups in total. The van der Waals surface area contributed by atoms with Crippen LogP contribution in [0.1, 0.15) is 26.3 Å². The highest BCUT2D eigenvalue weighted by Gasteiger charge is 2.17. The second-order valence-corrected chi connectivity index (χ2v) is 6.10. The summed E-state index contributed by atoms with van der Waals surface area (Å²) < 4.78 is 5.36. The molecule has 3 aromatic rings. The minimum absolute atomic E-state index is 0.184. The van der Waals surface area contributed by atoms with Crippen molar-refractivity contribution in [3.05, 3.63) is 94.5 Å². The molecule has 0 unspecified atom stereocenters. The summed E-state index contributed by atoms with van der Waals surface area (Å²) in [5.41, 5.74) is 1.89. The number of carbonyl (C=O) groups excluding carboxylic acids is 2. The number of nitrogens with one attached hydrogen (secondary N) is 1. The van der Waals surface area contributed by atoms with Crippen LogP contribution in [0.5, 0.6) is 5.75 Å². The maximum atomic E-state index is 12.6. The zero-order valence-corrected chi connectivity index (χ0v) is 14.8. The van der Waals surface area contributed by atoms with Crippen molar-refractivity contribution < 1.29 is 14.3 Å². The second-order valence-electron chi connectivity index (χ2n) is 5.66.